The van der Waals surface area contributed by atoms with Crippen molar-refractivity contribution in [3.63, 3.8) is 0 Å². The second-order valence-corrected chi connectivity index (χ2v) is 5.27. The lowest BCUT2D eigenvalue weighted by Gasteiger charge is -2.29. The smallest absolute Gasteiger partial charge is 0.460 e. The Morgan fingerprint density at radius 2 is 1.67 bits per heavy atom. The number of esters is 1. The Balaban J connectivity index is 4.38. The highest BCUT2D eigenvalue weighted by Gasteiger charge is 2.35. The van der Waals surface area contributed by atoms with Crippen LogP contribution in [0.4, 0.5) is 4.79 Å². The second-order valence-electron chi connectivity index (χ2n) is 5.27. The molecule has 0 aliphatic rings. The lowest BCUT2D eigenvalue weighted by atomic mass is 10.2. The summed E-state index contributed by atoms with van der Waals surface area (Å²) in [4.78, 5) is 31.6. The normalized spacial score (nSPS) is 14.1. The Morgan fingerprint density at radius 3 is 2.10 bits per heavy atom. The van der Waals surface area contributed by atoms with Gasteiger partial charge in [0.1, 0.15) is 6.61 Å². The fourth-order valence-corrected chi connectivity index (χ4v) is 0.914. The molecule has 0 rings (SSSR count). The molecule has 8 nitrogen and oxygen atoms in total. The van der Waals surface area contributed by atoms with E-state index < -0.39 is 23.7 Å². The van der Waals surface area contributed by atoms with Crippen molar-refractivity contribution >= 4 is 12.1 Å². The number of ether oxygens (including phenoxy) is 3. The molecule has 0 aromatic carbocycles. The molecule has 0 saturated carbocycles. The summed E-state index contributed by atoms with van der Waals surface area (Å²) < 4.78 is 14.4. The molecule has 0 aliphatic carbocycles. The fraction of sp³-hybridized carbons (Fsp3) is 0.692. The molecule has 0 bridgehead atoms. The zero-order valence-electron chi connectivity index (χ0n) is 12.9. The van der Waals surface area contributed by atoms with Crippen LogP contribution >= 0.6 is 0 Å². The van der Waals surface area contributed by atoms with Gasteiger partial charge in [-0.25, -0.2) is 14.5 Å². The van der Waals surface area contributed by atoms with Crippen molar-refractivity contribution in [3.8, 4) is 0 Å². The van der Waals surface area contributed by atoms with Gasteiger partial charge in [-0.3, -0.25) is 0 Å². The maximum absolute atomic E-state index is 11.1. The van der Waals surface area contributed by atoms with Crippen LogP contribution in [0.2, 0.25) is 0 Å². The Labute approximate surface area is 123 Å². The SMILES string of the molecule is C=C(C)C(=O)OCCOC(C)(OOC(C)(C)C)OC(=O)O. The molecule has 122 valence electrons. The second kappa shape index (κ2) is 7.96. The third-order valence-corrected chi connectivity index (χ3v) is 1.74. The van der Waals surface area contributed by atoms with Gasteiger partial charge in [-0.1, -0.05) is 6.58 Å². The molecular formula is C13H22O8. The van der Waals surface area contributed by atoms with Gasteiger partial charge >= 0.3 is 18.1 Å². The molecule has 8 heteroatoms. The molecule has 21 heavy (non-hydrogen) atoms. The van der Waals surface area contributed by atoms with Gasteiger partial charge in [0.25, 0.3) is 0 Å². The van der Waals surface area contributed by atoms with Crippen molar-refractivity contribution in [2.75, 3.05) is 13.2 Å². The quantitative estimate of drug-likeness (QED) is 0.182. The maximum Gasteiger partial charge on any atom is 0.510 e. The third-order valence-electron chi connectivity index (χ3n) is 1.74. The van der Waals surface area contributed by atoms with E-state index in [0.717, 1.165) is 0 Å². The van der Waals surface area contributed by atoms with E-state index in [4.69, 9.17) is 24.4 Å². The zero-order chi connectivity index (χ0) is 16.7. The largest absolute Gasteiger partial charge is 0.510 e. The Hall–Kier alpha value is -1.64. The average Bonchev–Trinajstić information content (AvgIpc) is 2.30. The lowest BCUT2D eigenvalue weighted by Crippen LogP contribution is -2.41. The minimum atomic E-state index is -1.98. The molecule has 1 unspecified atom stereocenters. The molecule has 0 radical (unpaired) electrons. The predicted octanol–water partition coefficient (Wildman–Crippen LogP) is 2.24. The molecule has 0 aromatic rings. The lowest BCUT2D eigenvalue weighted by molar-refractivity contribution is -0.510. The van der Waals surface area contributed by atoms with E-state index in [1.165, 1.54) is 13.8 Å². The van der Waals surface area contributed by atoms with Crippen molar-refractivity contribution < 1.29 is 38.7 Å². The van der Waals surface area contributed by atoms with Crippen molar-refractivity contribution in [2.24, 2.45) is 0 Å². The highest BCUT2D eigenvalue weighted by atomic mass is 17.3. The Bertz CT molecular complexity index is 384. The highest BCUT2D eigenvalue weighted by Crippen LogP contribution is 2.19. The van der Waals surface area contributed by atoms with Crippen LogP contribution in [0.1, 0.15) is 34.6 Å². The summed E-state index contributed by atoms with van der Waals surface area (Å²) in [5.74, 6) is -2.55. The summed E-state index contributed by atoms with van der Waals surface area (Å²) >= 11 is 0. The minimum Gasteiger partial charge on any atom is -0.460 e. The van der Waals surface area contributed by atoms with Gasteiger partial charge in [-0.2, -0.15) is 4.89 Å². The van der Waals surface area contributed by atoms with Crippen LogP contribution in [0.5, 0.6) is 0 Å². The van der Waals surface area contributed by atoms with Crippen molar-refractivity contribution in [1.29, 1.82) is 0 Å². The average molecular weight is 306 g/mol. The van der Waals surface area contributed by atoms with Gasteiger partial charge in [0, 0.05) is 12.5 Å². The van der Waals surface area contributed by atoms with E-state index in [9.17, 15) is 9.59 Å². The first kappa shape index (κ1) is 19.4. The molecule has 0 fully saturated rings. The van der Waals surface area contributed by atoms with E-state index in [1.807, 2.05) is 0 Å². The number of rotatable bonds is 8. The van der Waals surface area contributed by atoms with Crippen molar-refractivity contribution in [1.82, 2.24) is 0 Å². The molecule has 1 N–H and O–H groups in total. The predicted molar refractivity (Wildman–Crippen MR) is 71.2 cm³/mol. The molecule has 1 atom stereocenters. The molecule has 0 heterocycles. The maximum atomic E-state index is 11.1. The van der Waals surface area contributed by atoms with Gasteiger partial charge in [-0.05, 0) is 27.7 Å². The molecule has 0 amide bonds. The van der Waals surface area contributed by atoms with Gasteiger partial charge in [0.05, 0.1) is 12.2 Å². The number of carbonyl (C=O) groups excluding carboxylic acids is 1. The zero-order valence-corrected chi connectivity index (χ0v) is 12.9. The minimum absolute atomic E-state index is 0.122. The standard InChI is InChI=1S/C13H22O8/c1-9(2)10(14)17-7-8-18-13(6,19-11(15)16)21-20-12(3,4)5/h1,7-8H2,2-6H3,(H,15,16). The molecule has 0 saturated heterocycles. The van der Waals surface area contributed by atoms with Crippen molar-refractivity contribution in [2.45, 2.75) is 46.2 Å². The van der Waals surface area contributed by atoms with Gasteiger partial charge in [0.2, 0.25) is 0 Å². The Kier molecular flexibility index (Phi) is 7.34. The molecular weight excluding hydrogens is 284 g/mol. The summed E-state index contributed by atoms with van der Waals surface area (Å²) in [5.41, 5.74) is -0.453. The van der Waals surface area contributed by atoms with E-state index in [0.29, 0.717) is 0 Å². The summed E-state index contributed by atoms with van der Waals surface area (Å²) in [7, 11) is 0. The fourth-order valence-electron chi connectivity index (χ4n) is 0.914. The van der Waals surface area contributed by atoms with Gasteiger partial charge < -0.3 is 19.3 Å². The Morgan fingerprint density at radius 1 is 1.10 bits per heavy atom. The number of hydrogen-bond donors (Lipinski definition) is 1. The number of carboxylic acid groups (broad SMARTS) is 1. The topological polar surface area (TPSA) is 101 Å². The van der Waals surface area contributed by atoms with Crippen LogP contribution < -0.4 is 0 Å². The van der Waals surface area contributed by atoms with Crippen LogP contribution in [-0.2, 0) is 28.8 Å². The van der Waals surface area contributed by atoms with Crippen LogP contribution in [0.15, 0.2) is 12.2 Å². The summed E-state index contributed by atoms with van der Waals surface area (Å²) in [6.45, 7) is 10.9. The van der Waals surface area contributed by atoms with Gasteiger partial charge in [0.15, 0.2) is 0 Å². The van der Waals surface area contributed by atoms with Crippen molar-refractivity contribution in [3.05, 3.63) is 12.2 Å². The van der Waals surface area contributed by atoms with Crippen LogP contribution in [-0.4, -0.2) is 42.0 Å². The van der Waals surface area contributed by atoms with Crippen LogP contribution in [0.3, 0.4) is 0 Å². The number of hydrogen-bond acceptors (Lipinski definition) is 7. The van der Waals surface area contributed by atoms with E-state index in [-0.39, 0.29) is 18.8 Å². The molecule has 0 spiro atoms. The summed E-state index contributed by atoms with van der Waals surface area (Å²) in [6, 6.07) is 0. The molecule has 0 aromatic heterocycles. The van der Waals surface area contributed by atoms with Gasteiger partial charge in [-0.15, -0.1) is 0 Å². The highest BCUT2D eigenvalue weighted by molar-refractivity contribution is 5.86. The first-order valence-corrected chi connectivity index (χ1v) is 6.20. The monoisotopic (exact) mass is 306 g/mol. The first-order chi connectivity index (χ1) is 9.45. The van der Waals surface area contributed by atoms with E-state index >= 15 is 0 Å². The first-order valence-electron chi connectivity index (χ1n) is 6.20. The third kappa shape index (κ3) is 9.83. The summed E-state index contributed by atoms with van der Waals surface area (Å²) in [6.07, 6.45) is -1.60. The molecule has 0 aliphatic heterocycles. The number of carbonyl (C=O) groups is 2. The van der Waals surface area contributed by atoms with E-state index in [1.54, 1.807) is 20.8 Å². The van der Waals surface area contributed by atoms with E-state index in [2.05, 4.69) is 11.3 Å². The van der Waals surface area contributed by atoms with Crippen LogP contribution in [0, 0.1) is 0 Å². The summed E-state index contributed by atoms with van der Waals surface area (Å²) in [5, 5.41) is 8.66. The van der Waals surface area contributed by atoms with Crippen LogP contribution in [0.25, 0.3) is 0 Å².